The smallest absolute Gasteiger partial charge is 0.141 e. The van der Waals surface area contributed by atoms with Gasteiger partial charge in [-0.25, -0.2) is 9.98 Å². The normalized spacial score (nSPS) is 22.4. The Kier molecular flexibility index (Phi) is 5.20. The molecule has 0 saturated carbocycles. The molecule has 1 fully saturated rings. The zero-order chi connectivity index (χ0) is 14.4. The molecule has 2 atom stereocenters. The second-order valence-electron chi connectivity index (χ2n) is 5.13. The first-order valence-corrected chi connectivity index (χ1v) is 6.72. The van der Waals surface area contributed by atoms with E-state index in [1.807, 2.05) is 6.07 Å². The van der Waals surface area contributed by atoms with E-state index in [-0.39, 0.29) is 45.9 Å². The van der Waals surface area contributed by atoms with E-state index in [1.54, 1.807) is 0 Å². The summed E-state index contributed by atoms with van der Waals surface area (Å²) in [4.78, 5) is 11.5. The molecule has 2 unspecified atom stereocenters. The first-order chi connectivity index (χ1) is 10.2. The van der Waals surface area contributed by atoms with E-state index in [4.69, 9.17) is 1.37 Å². The number of H-pyrrole nitrogens is 1. The van der Waals surface area contributed by atoms with Crippen LogP contribution < -0.4 is 10.9 Å². The number of fused-ring (bicyclic) bond motifs is 5. The fourth-order valence-corrected chi connectivity index (χ4v) is 3.08. The number of benzene rings is 1. The largest absolute Gasteiger partial charge is 0.650 e. The van der Waals surface area contributed by atoms with Crippen molar-refractivity contribution < 1.29 is 41.3 Å². The van der Waals surface area contributed by atoms with Crippen LogP contribution in [0.4, 0.5) is 11.5 Å². The van der Waals surface area contributed by atoms with Gasteiger partial charge in [0.25, 0.3) is 0 Å². The summed E-state index contributed by atoms with van der Waals surface area (Å²) in [6.07, 6.45) is 3.85. The van der Waals surface area contributed by atoms with Gasteiger partial charge in [-0.2, -0.15) is 0 Å². The molecule has 4 rings (SSSR count). The SMILES string of the molecule is [2H]c1cnc(=Nc2ccc3c(c2)C2CCC3N2)[nH]c1[N-][CH2-].[Re].[Rh]. The zero-order valence-corrected chi connectivity index (χ0v) is 16.0. The van der Waals surface area contributed by atoms with Gasteiger partial charge in [0.05, 0.1) is 7.06 Å². The molecule has 0 amide bonds. The predicted octanol–water partition coefficient (Wildman–Crippen LogP) is 2.91. The number of rotatable bonds is 2. The molecule has 22 heavy (non-hydrogen) atoms. The van der Waals surface area contributed by atoms with Crippen molar-refractivity contribution in [2.75, 3.05) is 0 Å². The molecule has 2 bridgehead atoms. The third-order valence-corrected chi connectivity index (χ3v) is 3.98. The molecule has 0 spiro atoms. The van der Waals surface area contributed by atoms with Gasteiger partial charge in [0.15, 0.2) is 0 Å². The molecule has 2 aliphatic heterocycles. The van der Waals surface area contributed by atoms with Gasteiger partial charge in [-0.15, -0.1) is 0 Å². The number of aromatic amines is 1. The van der Waals surface area contributed by atoms with Crippen LogP contribution in [-0.2, 0) is 39.9 Å². The first-order valence-electron chi connectivity index (χ1n) is 7.22. The van der Waals surface area contributed by atoms with Crippen LogP contribution in [0.15, 0.2) is 35.4 Å². The van der Waals surface area contributed by atoms with Crippen LogP contribution >= 0.6 is 0 Å². The van der Waals surface area contributed by atoms with Gasteiger partial charge in [-0.3, -0.25) is 0 Å². The van der Waals surface area contributed by atoms with Crippen LogP contribution in [-0.4, -0.2) is 9.97 Å². The fraction of sp³-hybridized carbons (Fsp3) is 0.267. The maximum absolute atomic E-state index is 7.63. The van der Waals surface area contributed by atoms with Gasteiger partial charge in [0, 0.05) is 58.2 Å². The summed E-state index contributed by atoms with van der Waals surface area (Å²) in [6.45, 7) is 0. The van der Waals surface area contributed by atoms with Crippen LogP contribution in [0.5, 0.6) is 0 Å². The zero-order valence-electron chi connectivity index (χ0n) is 12.6. The molecule has 1 aromatic carbocycles. The molecule has 0 aliphatic carbocycles. The van der Waals surface area contributed by atoms with Gasteiger partial charge in [0.1, 0.15) is 5.62 Å². The summed E-state index contributed by atoms with van der Waals surface area (Å²) < 4.78 is 7.63. The Hall–Kier alpha value is -0.854. The monoisotopic (exact) mass is 556 g/mol. The number of hydrogen-bond donors (Lipinski definition) is 2. The summed E-state index contributed by atoms with van der Waals surface area (Å²) >= 11 is 0. The maximum atomic E-state index is 7.63. The summed E-state index contributed by atoms with van der Waals surface area (Å²) in [5.41, 5.74) is 4.05. The second kappa shape index (κ2) is 7.15. The summed E-state index contributed by atoms with van der Waals surface area (Å²) in [5, 5.41) is 7.36. The van der Waals surface area contributed by atoms with Gasteiger partial charge in [-0.1, -0.05) is 11.9 Å². The summed E-state index contributed by atoms with van der Waals surface area (Å²) in [7, 11) is 3.43. The van der Waals surface area contributed by atoms with E-state index in [1.165, 1.54) is 30.2 Å². The molecular formula is C15H15N5ReRh-2. The van der Waals surface area contributed by atoms with E-state index in [9.17, 15) is 0 Å². The molecule has 1 aromatic heterocycles. The van der Waals surface area contributed by atoms with Crippen molar-refractivity contribution in [1.29, 1.82) is 0 Å². The molecular weight excluding hydrogens is 539 g/mol. The average Bonchev–Trinajstić information content (AvgIpc) is 3.11. The van der Waals surface area contributed by atoms with Crippen molar-refractivity contribution in [1.82, 2.24) is 15.3 Å². The third-order valence-electron chi connectivity index (χ3n) is 3.98. The Labute approximate surface area is 157 Å². The Morgan fingerprint density at radius 3 is 2.86 bits per heavy atom. The number of hydrogen-bond acceptors (Lipinski definition) is 3. The molecule has 7 heteroatoms. The van der Waals surface area contributed by atoms with Crippen molar-refractivity contribution in [3.8, 4) is 0 Å². The van der Waals surface area contributed by atoms with Crippen molar-refractivity contribution in [2.24, 2.45) is 4.99 Å². The third kappa shape index (κ3) is 3.09. The number of aromatic nitrogens is 2. The number of nitrogens with one attached hydrogen (secondary N) is 2. The molecule has 1 saturated heterocycles. The fourth-order valence-electron chi connectivity index (χ4n) is 3.08. The first kappa shape index (κ1) is 16.0. The Bertz CT molecular complexity index is 779. The van der Waals surface area contributed by atoms with Gasteiger partial charge < -0.3 is 22.7 Å². The number of nitrogens with zero attached hydrogens (tertiary/aromatic N) is 3. The van der Waals surface area contributed by atoms with Crippen molar-refractivity contribution in [3.63, 3.8) is 0 Å². The van der Waals surface area contributed by atoms with Crippen molar-refractivity contribution in [3.05, 3.63) is 59.5 Å². The van der Waals surface area contributed by atoms with E-state index in [0.29, 0.717) is 23.5 Å². The topological polar surface area (TPSA) is 67.2 Å². The minimum atomic E-state index is 0. The summed E-state index contributed by atoms with van der Waals surface area (Å²) in [5.74, 6) is 0.380. The van der Waals surface area contributed by atoms with Crippen molar-refractivity contribution in [2.45, 2.75) is 24.9 Å². The molecule has 5 nitrogen and oxygen atoms in total. The molecule has 3 heterocycles. The maximum Gasteiger partial charge on any atom is 0.141 e. The van der Waals surface area contributed by atoms with Crippen LogP contribution in [0.1, 0.15) is 37.4 Å². The predicted molar refractivity (Wildman–Crippen MR) is 76.5 cm³/mol. The van der Waals surface area contributed by atoms with Crippen LogP contribution in [0.2, 0.25) is 0 Å². The molecule has 2 N–H and O–H groups in total. The molecule has 2 aromatic rings. The Morgan fingerprint density at radius 1 is 1.32 bits per heavy atom. The minimum absolute atomic E-state index is 0. The van der Waals surface area contributed by atoms with Gasteiger partial charge >= 0.3 is 0 Å². The van der Waals surface area contributed by atoms with Gasteiger partial charge in [-0.05, 0) is 42.1 Å². The van der Waals surface area contributed by atoms with E-state index in [2.05, 4.69) is 44.8 Å². The minimum Gasteiger partial charge on any atom is -0.650 e. The Balaban J connectivity index is 0.000000960. The second-order valence-corrected chi connectivity index (χ2v) is 5.13. The van der Waals surface area contributed by atoms with Gasteiger partial charge in [0.2, 0.25) is 0 Å². The van der Waals surface area contributed by atoms with Crippen molar-refractivity contribution >= 4 is 11.5 Å². The van der Waals surface area contributed by atoms with E-state index < -0.39 is 0 Å². The molecule has 2 aliphatic rings. The Morgan fingerprint density at radius 2 is 2.09 bits per heavy atom. The average molecular weight is 555 g/mol. The van der Waals surface area contributed by atoms with E-state index >= 15 is 0 Å². The standard InChI is InChI=1S/C15H15N5.Re.Rh/c1-16-14-6-7-17-15(20-14)18-9-2-3-10-11(8-9)13-5-4-12(10)19-13;;/h2-3,6-8,12-13,19H,1,4-5H2,(H-,16,17,18,20);;/q-2;;/i6D;;. The van der Waals surface area contributed by atoms with Crippen LogP contribution in [0, 0.1) is 7.05 Å². The van der Waals surface area contributed by atoms with E-state index in [0.717, 1.165) is 5.69 Å². The molecule has 2 radical (unpaired) electrons. The molecule has 118 valence electrons. The summed E-state index contributed by atoms with van der Waals surface area (Å²) in [6, 6.07) is 7.47. The van der Waals surface area contributed by atoms with Crippen LogP contribution in [0.3, 0.4) is 0 Å². The van der Waals surface area contributed by atoms with Crippen LogP contribution in [0.25, 0.3) is 5.32 Å². The quantitative estimate of drug-likeness (QED) is 0.443.